The smallest absolute Gasteiger partial charge is 0.0611 e. The zero-order chi connectivity index (χ0) is 12.3. The Hall–Kier alpha value is -0.190. The van der Waals surface area contributed by atoms with E-state index in [1.165, 1.54) is 12.2 Å². The van der Waals surface area contributed by atoms with Gasteiger partial charge in [0.25, 0.3) is 0 Å². The van der Waals surface area contributed by atoms with Gasteiger partial charge in [0.1, 0.15) is 0 Å². The van der Waals surface area contributed by atoms with Gasteiger partial charge in [-0.15, -0.1) is 0 Å². The van der Waals surface area contributed by atoms with Gasteiger partial charge in [0.15, 0.2) is 0 Å². The molecule has 1 aromatic rings. The number of halogens is 1. The summed E-state index contributed by atoms with van der Waals surface area (Å²) in [5.41, 5.74) is 7.22. The third-order valence-electron chi connectivity index (χ3n) is 3.50. The highest BCUT2D eigenvalue weighted by Gasteiger charge is 2.37. The Morgan fingerprint density at radius 3 is 3.06 bits per heavy atom. The molecule has 1 fully saturated rings. The first-order chi connectivity index (χ1) is 8.16. The van der Waals surface area contributed by atoms with Crippen molar-refractivity contribution in [1.29, 1.82) is 0 Å². The predicted octanol–water partition coefficient (Wildman–Crippen LogP) is 3.47. The average molecular weight is 315 g/mol. The van der Waals surface area contributed by atoms with Crippen molar-refractivity contribution < 1.29 is 0 Å². The van der Waals surface area contributed by atoms with Crippen molar-refractivity contribution in [3.05, 3.63) is 28.7 Å². The number of rotatable bonds is 3. The summed E-state index contributed by atoms with van der Waals surface area (Å²) in [6, 6.07) is 8.31. The van der Waals surface area contributed by atoms with Crippen LogP contribution in [0.1, 0.15) is 19.8 Å². The van der Waals surface area contributed by atoms with Crippen molar-refractivity contribution in [3.63, 3.8) is 0 Å². The molecule has 0 spiro atoms. The maximum absolute atomic E-state index is 6.03. The Bertz CT molecular complexity index is 385. The minimum absolute atomic E-state index is 0.0453. The van der Waals surface area contributed by atoms with Crippen LogP contribution in [0.25, 0.3) is 0 Å². The number of hydrogen-bond acceptors (Lipinski definition) is 3. The van der Waals surface area contributed by atoms with Crippen molar-refractivity contribution in [3.8, 4) is 0 Å². The van der Waals surface area contributed by atoms with E-state index in [4.69, 9.17) is 5.73 Å². The van der Waals surface area contributed by atoms with Gasteiger partial charge in [-0.3, -0.25) is 0 Å². The van der Waals surface area contributed by atoms with Gasteiger partial charge in [-0.1, -0.05) is 28.9 Å². The van der Waals surface area contributed by atoms with Crippen LogP contribution in [0.5, 0.6) is 0 Å². The topological polar surface area (TPSA) is 38.0 Å². The molecule has 0 aliphatic carbocycles. The molecular formula is C13H19BrN2S. The first-order valence-electron chi connectivity index (χ1n) is 6.02. The van der Waals surface area contributed by atoms with Crippen molar-refractivity contribution in [2.45, 2.75) is 30.6 Å². The predicted molar refractivity (Wildman–Crippen MR) is 80.7 cm³/mol. The third-order valence-corrected chi connectivity index (χ3v) is 5.46. The van der Waals surface area contributed by atoms with Crippen LogP contribution in [0.4, 0.5) is 5.69 Å². The summed E-state index contributed by atoms with van der Waals surface area (Å²) in [7, 11) is 0. The lowest BCUT2D eigenvalue weighted by atomic mass is 9.89. The number of anilines is 1. The standard InChI is InChI=1S/C13H19BrN2S/c1-10-13(9-15,6-3-7-17-10)16-12-5-2-4-11(14)8-12/h2,4-5,8,10,16H,3,6-7,9,15H2,1H3. The number of benzene rings is 1. The van der Waals surface area contributed by atoms with Gasteiger partial charge in [0.05, 0.1) is 5.54 Å². The second kappa shape index (κ2) is 5.63. The molecule has 1 aromatic carbocycles. The van der Waals surface area contributed by atoms with Crippen molar-refractivity contribution in [2.75, 3.05) is 17.6 Å². The van der Waals surface area contributed by atoms with Crippen LogP contribution in [0.2, 0.25) is 0 Å². The van der Waals surface area contributed by atoms with Gasteiger partial charge in [-0.05, 0) is 36.8 Å². The fraction of sp³-hybridized carbons (Fsp3) is 0.538. The molecule has 1 saturated heterocycles. The highest BCUT2D eigenvalue weighted by Crippen LogP contribution is 2.36. The quantitative estimate of drug-likeness (QED) is 0.897. The van der Waals surface area contributed by atoms with Gasteiger partial charge in [0, 0.05) is 22.0 Å². The molecule has 0 aromatic heterocycles. The Morgan fingerprint density at radius 1 is 1.59 bits per heavy atom. The molecule has 2 rings (SSSR count). The van der Waals surface area contributed by atoms with E-state index in [2.05, 4.69) is 46.4 Å². The molecule has 1 aliphatic heterocycles. The highest BCUT2D eigenvalue weighted by atomic mass is 79.9. The minimum atomic E-state index is 0.0453. The molecule has 0 saturated carbocycles. The van der Waals surface area contributed by atoms with E-state index in [0.29, 0.717) is 11.8 Å². The molecule has 1 heterocycles. The van der Waals surface area contributed by atoms with E-state index in [0.717, 1.165) is 16.6 Å². The molecular weight excluding hydrogens is 296 g/mol. The molecule has 2 atom stereocenters. The Balaban J connectivity index is 2.18. The summed E-state index contributed by atoms with van der Waals surface area (Å²) in [5, 5.41) is 4.21. The SMILES string of the molecule is CC1SCCCC1(CN)Nc1cccc(Br)c1. The second-order valence-corrected chi connectivity index (χ2v) is 6.98. The van der Waals surface area contributed by atoms with Gasteiger partial charge in [-0.2, -0.15) is 11.8 Å². The summed E-state index contributed by atoms with van der Waals surface area (Å²) < 4.78 is 1.10. The zero-order valence-electron chi connectivity index (χ0n) is 10.1. The first kappa shape index (κ1) is 13.2. The van der Waals surface area contributed by atoms with Crippen LogP contribution in [-0.4, -0.2) is 23.1 Å². The first-order valence-corrected chi connectivity index (χ1v) is 7.86. The van der Waals surface area contributed by atoms with Crippen LogP contribution in [0.3, 0.4) is 0 Å². The number of thioether (sulfide) groups is 1. The van der Waals surface area contributed by atoms with Crippen molar-refractivity contribution >= 4 is 33.4 Å². The van der Waals surface area contributed by atoms with Crippen LogP contribution in [-0.2, 0) is 0 Å². The molecule has 0 radical (unpaired) electrons. The molecule has 1 aliphatic rings. The summed E-state index contributed by atoms with van der Waals surface area (Å²) in [5.74, 6) is 1.25. The summed E-state index contributed by atoms with van der Waals surface area (Å²) >= 11 is 5.52. The average Bonchev–Trinajstić information content (AvgIpc) is 2.32. The van der Waals surface area contributed by atoms with Gasteiger partial charge in [0.2, 0.25) is 0 Å². The maximum Gasteiger partial charge on any atom is 0.0611 e. The van der Waals surface area contributed by atoms with E-state index < -0.39 is 0 Å². The number of nitrogens with one attached hydrogen (secondary N) is 1. The van der Waals surface area contributed by atoms with Crippen molar-refractivity contribution in [2.24, 2.45) is 5.73 Å². The largest absolute Gasteiger partial charge is 0.377 e. The van der Waals surface area contributed by atoms with E-state index in [9.17, 15) is 0 Å². The zero-order valence-corrected chi connectivity index (χ0v) is 12.5. The second-order valence-electron chi connectivity index (χ2n) is 4.61. The lowest BCUT2D eigenvalue weighted by molar-refractivity contribution is 0.422. The normalized spacial score (nSPS) is 29.0. The minimum Gasteiger partial charge on any atom is -0.377 e. The van der Waals surface area contributed by atoms with E-state index in [1.807, 2.05) is 17.8 Å². The van der Waals surface area contributed by atoms with E-state index >= 15 is 0 Å². The molecule has 2 unspecified atom stereocenters. The fourth-order valence-electron chi connectivity index (χ4n) is 2.35. The molecule has 0 bridgehead atoms. The summed E-state index contributed by atoms with van der Waals surface area (Å²) in [6.45, 7) is 2.97. The summed E-state index contributed by atoms with van der Waals surface area (Å²) in [4.78, 5) is 0. The Morgan fingerprint density at radius 2 is 2.41 bits per heavy atom. The van der Waals surface area contributed by atoms with Crippen LogP contribution in [0, 0.1) is 0 Å². The van der Waals surface area contributed by atoms with Crippen LogP contribution < -0.4 is 11.1 Å². The lowest BCUT2D eigenvalue weighted by Gasteiger charge is -2.43. The Kier molecular flexibility index (Phi) is 4.39. The molecule has 4 heteroatoms. The monoisotopic (exact) mass is 314 g/mol. The maximum atomic E-state index is 6.03. The molecule has 3 N–H and O–H groups in total. The summed E-state index contributed by atoms with van der Waals surface area (Å²) in [6.07, 6.45) is 2.40. The van der Waals surface area contributed by atoms with E-state index in [-0.39, 0.29) is 5.54 Å². The molecule has 94 valence electrons. The Labute approximate surface area is 116 Å². The van der Waals surface area contributed by atoms with Crippen LogP contribution in [0.15, 0.2) is 28.7 Å². The van der Waals surface area contributed by atoms with Gasteiger partial charge in [-0.25, -0.2) is 0 Å². The van der Waals surface area contributed by atoms with Crippen LogP contribution >= 0.6 is 27.7 Å². The highest BCUT2D eigenvalue weighted by molar-refractivity contribution is 9.10. The molecule has 17 heavy (non-hydrogen) atoms. The number of nitrogens with two attached hydrogens (primary N) is 1. The van der Waals surface area contributed by atoms with Gasteiger partial charge < -0.3 is 11.1 Å². The third kappa shape index (κ3) is 2.98. The van der Waals surface area contributed by atoms with Gasteiger partial charge >= 0.3 is 0 Å². The van der Waals surface area contributed by atoms with E-state index in [1.54, 1.807) is 0 Å². The molecule has 2 nitrogen and oxygen atoms in total. The lowest BCUT2D eigenvalue weighted by Crippen LogP contribution is -2.54. The molecule has 0 amide bonds. The number of hydrogen-bond donors (Lipinski definition) is 2. The fourth-order valence-corrected chi connectivity index (χ4v) is 4.00. The van der Waals surface area contributed by atoms with Crippen molar-refractivity contribution in [1.82, 2.24) is 0 Å².